The molecule has 1 aliphatic heterocycles. The Hall–Kier alpha value is -1.28. The third-order valence-corrected chi connectivity index (χ3v) is 4.72. The van der Waals surface area contributed by atoms with Crippen LogP contribution in [0.3, 0.4) is 0 Å². The lowest BCUT2D eigenvalue weighted by Crippen LogP contribution is -2.23. The highest BCUT2D eigenvalue weighted by Crippen LogP contribution is 2.27. The van der Waals surface area contributed by atoms with Gasteiger partial charge >= 0.3 is 0 Å². The van der Waals surface area contributed by atoms with Gasteiger partial charge in [-0.15, -0.1) is 0 Å². The molecule has 1 aliphatic rings. The minimum Gasteiger partial charge on any atom is -0.345 e. The number of fused-ring (bicyclic) bond motifs is 1. The van der Waals surface area contributed by atoms with Gasteiger partial charge < -0.3 is 4.57 Å². The molecule has 1 fully saturated rings. The molecule has 0 radical (unpaired) electrons. The largest absolute Gasteiger partial charge is 0.345 e. The molecule has 0 bridgehead atoms. The van der Waals surface area contributed by atoms with Crippen molar-refractivity contribution in [2.45, 2.75) is 59.0 Å². The second kappa shape index (κ2) is 6.23. The second-order valence-electron chi connectivity index (χ2n) is 6.87. The van der Waals surface area contributed by atoms with Gasteiger partial charge in [-0.25, -0.2) is 0 Å². The van der Waals surface area contributed by atoms with E-state index in [0.717, 1.165) is 6.54 Å². The van der Waals surface area contributed by atoms with Gasteiger partial charge in [-0.1, -0.05) is 24.5 Å². The van der Waals surface area contributed by atoms with Gasteiger partial charge in [-0.3, -0.25) is 4.90 Å². The number of aryl methyl sites for hydroxylation is 1. The molecule has 2 aromatic rings. The topological polar surface area (TPSA) is 8.17 Å². The lowest BCUT2D eigenvalue weighted by molar-refractivity contribution is 0.277. The van der Waals surface area contributed by atoms with Crippen molar-refractivity contribution >= 4 is 10.9 Å². The van der Waals surface area contributed by atoms with Crippen LogP contribution in [-0.4, -0.2) is 22.6 Å². The van der Waals surface area contributed by atoms with Crippen LogP contribution in [0.1, 0.15) is 56.7 Å². The number of hydrogen-bond donors (Lipinski definition) is 0. The highest BCUT2D eigenvalue weighted by Gasteiger charge is 2.15. The zero-order valence-corrected chi connectivity index (χ0v) is 13.7. The summed E-state index contributed by atoms with van der Waals surface area (Å²) in [5.74, 6) is 0. The van der Waals surface area contributed by atoms with E-state index in [-0.39, 0.29) is 0 Å². The summed E-state index contributed by atoms with van der Waals surface area (Å²) in [6.45, 7) is 10.4. The molecule has 1 aromatic carbocycles. The van der Waals surface area contributed by atoms with Crippen molar-refractivity contribution in [3.8, 4) is 0 Å². The summed E-state index contributed by atoms with van der Waals surface area (Å²) in [5.41, 5.74) is 4.26. The van der Waals surface area contributed by atoms with Crippen LogP contribution in [0.5, 0.6) is 0 Å². The molecule has 2 heteroatoms. The Balaban J connectivity index is 1.95. The fourth-order valence-electron chi connectivity index (χ4n) is 3.53. The van der Waals surface area contributed by atoms with E-state index in [1.807, 2.05) is 0 Å². The average Bonchev–Trinajstić information content (AvgIpc) is 2.63. The molecular formula is C19H28N2. The van der Waals surface area contributed by atoms with E-state index >= 15 is 0 Å². The van der Waals surface area contributed by atoms with Crippen LogP contribution in [0.25, 0.3) is 10.9 Å². The van der Waals surface area contributed by atoms with Crippen LogP contribution in [0.15, 0.2) is 24.4 Å². The standard InChI is InChI=1S/C19H28N2/c1-15(2)21-14-17(13-20-10-6-4-5-7-11-20)18-12-16(3)8-9-19(18)21/h8-9,12,14-15H,4-7,10-11,13H2,1-3H3. The van der Waals surface area contributed by atoms with Crippen molar-refractivity contribution in [2.24, 2.45) is 0 Å². The van der Waals surface area contributed by atoms with E-state index in [1.54, 1.807) is 0 Å². The van der Waals surface area contributed by atoms with Crippen molar-refractivity contribution in [1.29, 1.82) is 0 Å². The Labute approximate surface area is 128 Å². The molecule has 0 spiro atoms. The van der Waals surface area contributed by atoms with Gasteiger partial charge in [0.2, 0.25) is 0 Å². The normalized spacial score (nSPS) is 17.5. The molecule has 0 atom stereocenters. The van der Waals surface area contributed by atoms with Gasteiger partial charge in [-0.05, 0) is 64.4 Å². The third kappa shape index (κ3) is 3.16. The van der Waals surface area contributed by atoms with Crippen LogP contribution in [0.4, 0.5) is 0 Å². The van der Waals surface area contributed by atoms with Gasteiger partial charge in [0, 0.05) is 29.7 Å². The molecule has 3 rings (SSSR count). The van der Waals surface area contributed by atoms with E-state index in [0.29, 0.717) is 6.04 Å². The lowest BCUT2D eigenvalue weighted by atomic mass is 10.1. The Kier molecular flexibility index (Phi) is 4.34. The van der Waals surface area contributed by atoms with Gasteiger partial charge in [-0.2, -0.15) is 0 Å². The van der Waals surface area contributed by atoms with Crippen molar-refractivity contribution in [2.75, 3.05) is 13.1 Å². The van der Waals surface area contributed by atoms with Crippen LogP contribution in [0.2, 0.25) is 0 Å². The first-order valence-electron chi connectivity index (χ1n) is 8.47. The average molecular weight is 284 g/mol. The molecule has 2 nitrogen and oxygen atoms in total. The summed E-state index contributed by atoms with van der Waals surface area (Å²) >= 11 is 0. The van der Waals surface area contributed by atoms with Crippen LogP contribution in [-0.2, 0) is 6.54 Å². The molecule has 0 amide bonds. The Morgan fingerprint density at radius 3 is 2.43 bits per heavy atom. The van der Waals surface area contributed by atoms with Crippen molar-refractivity contribution < 1.29 is 0 Å². The number of benzene rings is 1. The van der Waals surface area contributed by atoms with E-state index in [9.17, 15) is 0 Å². The lowest BCUT2D eigenvalue weighted by Gasteiger charge is -2.19. The molecular weight excluding hydrogens is 256 g/mol. The molecule has 0 unspecified atom stereocenters. The number of rotatable bonds is 3. The van der Waals surface area contributed by atoms with E-state index < -0.39 is 0 Å². The van der Waals surface area contributed by atoms with Crippen LogP contribution < -0.4 is 0 Å². The highest BCUT2D eigenvalue weighted by atomic mass is 15.1. The fraction of sp³-hybridized carbons (Fsp3) is 0.579. The van der Waals surface area contributed by atoms with Gasteiger partial charge in [0.1, 0.15) is 0 Å². The van der Waals surface area contributed by atoms with Gasteiger partial charge in [0.25, 0.3) is 0 Å². The molecule has 21 heavy (non-hydrogen) atoms. The quantitative estimate of drug-likeness (QED) is 0.777. The van der Waals surface area contributed by atoms with E-state index in [4.69, 9.17) is 0 Å². The maximum Gasteiger partial charge on any atom is 0.0486 e. The zero-order valence-electron chi connectivity index (χ0n) is 13.7. The molecule has 0 saturated carbocycles. The summed E-state index contributed by atoms with van der Waals surface area (Å²) in [7, 11) is 0. The Morgan fingerprint density at radius 1 is 1.05 bits per heavy atom. The first-order chi connectivity index (χ1) is 10.1. The molecule has 1 aromatic heterocycles. The maximum absolute atomic E-state index is 2.65. The minimum absolute atomic E-state index is 0.521. The molecule has 0 aliphatic carbocycles. The minimum atomic E-state index is 0.521. The zero-order chi connectivity index (χ0) is 14.8. The third-order valence-electron chi connectivity index (χ3n) is 4.72. The first kappa shape index (κ1) is 14.6. The summed E-state index contributed by atoms with van der Waals surface area (Å²) in [6.07, 6.45) is 7.93. The smallest absolute Gasteiger partial charge is 0.0486 e. The predicted molar refractivity (Wildman–Crippen MR) is 90.8 cm³/mol. The molecule has 0 N–H and O–H groups in total. The van der Waals surface area contributed by atoms with Crippen LogP contribution in [0, 0.1) is 6.92 Å². The van der Waals surface area contributed by atoms with Crippen molar-refractivity contribution in [1.82, 2.24) is 9.47 Å². The molecule has 1 saturated heterocycles. The summed E-state index contributed by atoms with van der Waals surface area (Å²) in [4.78, 5) is 2.65. The molecule has 2 heterocycles. The van der Waals surface area contributed by atoms with Gasteiger partial charge in [0.15, 0.2) is 0 Å². The fourth-order valence-corrected chi connectivity index (χ4v) is 3.53. The number of hydrogen-bond acceptors (Lipinski definition) is 1. The van der Waals surface area contributed by atoms with Crippen LogP contribution >= 0.6 is 0 Å². The number of aromatic nitrogens is 1. The first-order valence-corrected chi connectivity index (χ1v) is 8.47. The van der Waals surface area contributed by atoms with E-state index in [2.05, 4.69) is 54.6 Å². The Morgan fingerprint density at radius 2 is 1.76 bits per heavy atom. The highest BCUT2D eigenvalue weighted by molar-refractivity contribution is 5.84. The summed E-state index contributed by atoms with van der Waals surface area (Å²) in [5, 5.41) is 1.45. The van der Waals surface area contributed by atoms with E-state index in [1.165, 1.54) is 60.8 Å². The van der Waals surface area contributed by atoms with Gasteiger partial charge in [0.05, 0.1) is 0 Å². The Bertz CT molecular complexity index is 601. The monoisotopic (exact) mass is 284 g/mol. The summed E-state index contributed by atoms with van der Waals surface area (Å²) in [6, 6.07) is 7.41. The SMILES string of the molecule is Cc1ccc2c(c1)c(CN1CCCCCC1)cn2C(C)C. The van der Waals surface area contributed by atoms with Crippen molar-refractivity contribution in [3.05, 3.63) is 35.5 Å². The number of nitrogens with zero attached hydrogens (tertiary/aromatic N) is 2. The molecule has 114 valence electrons. The predicted octanol–water partition coefficient (Wildman–Crippen LogP) is 4.91. The summed E-state index contributed by atoms with van der Waals surface area (Å²) < 4.78 is 2.43. The van der Waals surface area contributed by atoms with Crippen molar-refractivity contribution in [3.63, 3.8) is 0 Å². The maximum atomic E-state index is 2.65. The second-order valence-corrected chi connectivity index (χ2v) is 6.87. The number of likely N-dealkylation sites (tertiary alicyclic amines) is 1.